The minimum atomic E-state index is 0.0660. The lowest BCUT2D eigenvalue weighted by atomic mass is 9.96. The zero-order chi connectivity index (χ0) is 6.74. The maximum Gasteiger partial charge on any atom is 0.114 e. The summed E-state index contributed by atoms with van der Waals surface area (Å²) in [7, 11) is 0. The molecule has 0 N–H and O–H groups in total. The minimum Gasteiger partial charge on any atom is -0.248 e. The van der Waals surface area contributed by atoms with E-state index in [0.29, 0.717) is 0 Å². The summed E-state index contributed by atoms with van der Waals surface area (Å²) in [5.74, 6) is 0. The number of aliphatic imine (C=N–C) groups is 2. The van der Waals surface area contributed by atoms with Crippen LogP contribution < -0.4 is 0 Å². The van der Waals surface area contributed by atoms with Crippen molar-refractivity contribution in [2.75, 3.05) is 0 Å². The Bertz CT molecular complexity index is 157. The lowest BCUT2D eigenvalue weighted by Crippen LogP contribution is -2.07. The molecule has 0 aromatic carbocycles. The Morgan fingerprint density at radius 3 is 2.78 bits per heavy atom. The van der Waals surface area contributed by atoms with Gasteiger partial charge in [-0.2, -0.15) is 0 Å². The summed E-state index contributed by atoms with van der Waals surface area (Å²) in [5.41, 5.74) is 0.0660. The molecule has 0 atom stereocenters. The van der Waals surface area contributed by atoms with Crippen molar-refractivity contribution in [1.82, 2.24) is 0 Å². The number of allylic oxidation sites excluding steroid dienone is 1. The summed E-state index contributed by atoms with van der Waals surface area (Å²) < 4.78 is 0. The highest BCUT2D eigenvalue weighted by atomic mass is 14.8. The van der Waals surface area contributed by atoms with Crippen LogP contribution in [0.25, 0.3) is 0 Å². The Morgan fingerprint density at radius 1 is 1.22 bits per heavy atom. The molecule has 0 spiro atoms. The van der Waals surface area contributed by atoms with Crippen LogP contribution in [-0.4, -0.2) is 12.6 Å². The van der Waals surface area contributed by atoms with Crippen LogP contribution in [0.2, 0.25) is 0 Å². The van der Waals surface area contributed by atoms with Crippen LogP contribution in [0.5, 0.6) is 0 Å². The van der Waals surface area contributed by atoms with Crippen molar-refractivity contribution < 1.29 is 0 Å². The molecule has 0 radical (unpaired) electrons. The van der Waals surface area contributed by atoms with Crippen LogP contribution in [0, 0.1) is 5.41 Å². The zero-order valence-corrected chi connectivity index (χ0v) is 5.70. The summed E-state index contributed by atoms with van der Waals surface area (Å²) in [6, 6.07) is 0. The fourth-order valence-corrected chi connectivity index (χ4v) is 0.581. The molecule has 0 aliphatic carbocycles. The molecule has 1 aliphatic rings. The molecular weight excluding hydrogens is 112 g/mol. The first kappa shape index (κ1) is 6.20. The number of nitrogens with zero attached hydrogens (tertiary/aromatic N) is 2. The molecule has 1 rings (SSSR count). The van der Waals surface area contributed by atoms with Crippen molar-refractivity contribution >= 4 is 12.6 Å². The van der Waals surface area contributed by atoms with E-state index >= 15 is 0 Å². The minimum absolute atomic E-state index is 0.0660. The van der Waals surface area contributed by atoms with E-state index in [1.165, 1.54) is 0 Å². The molecule has 0 amide bonds. The van der Waals surface area contributed by atoms with Crippen molar-refractivity contribution in [3.63, 3.8) is 0 Å². The molecule has 1 heterocycles. The van der Waals surface area contributed by atoms with Gasteiger partial charge < -0.3 is 0 Å². The third-order valence-corrected chi connectivity index (χ3v) is 1.13. The molecule has 0 saturated heterocycles. The third-order valence-electron chi connectivity index (χ3n) is 1.13. The Morgan fingerprint density at radius 2 is 2.00 bits per heavy atom. The van der Waals surface area contributed by atoms with Gasteiger partial charge in [0.1, 0.15) is 6.34 Å². The van der Waals surface area contributed by atoms with Crippen molar-refractivity contribution in [3.05, 3.63) is 12.3 Å². The maximum atomic E-state index is 3.94. The Labute approximate surface area is 55.0 Å². The molecular formula is C7H10N2. The van der Waals surface area contributed by atoms with Gasteiger partial charge in [0.05, 0.1) is 0 Å². The average Bonchev–Trinajstić information content (AvgIpc) is 1.92. The molecule has 2 heteroatoms. The third kappa shape index (κ3) is 1.80. The van der Waals surface area contributed by atoms with E-state index in [9.17, 15) is 0 Å². The highest BCUT2D eigenvalue weighted by molar-refractivity contribution is 5.78. The van der Waals surface area contributed by atoms with Crippen molar-refractivity contribution in [2.24, 2.45) is 15.4 Å². The number of hydrogen-bond acceptors (Lipinski definition) is 2. The van der Waals surface area contributed by atoms with Gasteiger partial charge in [0, 0.05) is 17.8 Å². The number of hydrogen-bond donors (Lipinski definition) is 0. The van der Waals surface area contributed by atoms with Gasteiger partial charge in [-0.05, 0) is 0 Å². The second-order valence-corrected chi connectivity index (χ2v) is 2.68. The second-order valence-electron chi connectivity index (χ2n) is 2.68. The van der Waals surface area contributed by atoms with E-state index in [0.717, 1.165) is 0 Å². The number of rotatable bonds is 0. The maximum absolute atomic E-state index is 3.94. The molecule has 0 saturated carbocycles. The monoisotopic (exact) mass is 122 g/mol. The standard InChI is InChI=1S/C7H10N2/c1-7(2)3-4-8-6-9-5-7/h3-6H,1-2H3. The first-order valence-corrected chi connectivity index (χ1v) is 2.94. The summed E-state index contributed by atoms with van der Waals surface area (Å²) in [4.78, 5) is 7.81. The summed E-state index contributed by atoms with van der Waals surface area (Å²) in [6.07, 6.45) is 7.21. The summed E-state index contributed by atoms with van der Waals surface area (Å²) in [6.45, 7) is 4.17. The molecule has 0 aromatic rings. The normalized spacial score (nSPS) is 22.0. The van der Waals surface area contributed by atoms with Crippen LogP contribution in [-0.2, 0) is 0 Å². The van der Waals surface area contributed by atoms with Gasteiger partial charge in [0.25, 0.3) is 0 Å². The Hall–Kier alpha value is -0.920. The van der Waals surface area contributed by atoms with E-state index < -0.39 is 0 Å². The molecule has 0 unspecified atom stereocenters. The van der Waals surface area contributed by atoms with E-state index in [4.69, 9.17) is 0 Å². The van der Waals surface area contributed by atoms with Crippen molar-refractivity contribution in [1.29, 1.82) is 0 Å². The fraction of sp³-hybridized carbons (Fsp3) is 0.429. The highest BCUT2D eigenvalue weighted by Crippen LogP contribution is 2.14. The van der Waals surface area contributed by atoms with Gasteiger partial charge in [-0.3, -0.25) is 0 Å². The van der Waals surface area contributed by atoms with E-state index in [1.807, 2.05) is 12.3 Å². The Kier molecular flexibility index (Phi) is 1.47. The first-order valence-electron chi connectivity index (χ1n) is 2.94. The van der Waals surface area contributed by atoms with Crippen molar-refractivity contribution in [3.8, 4) is 0 Å². The van der Waals surface area contributed by atoms with Crippen LogP contribution in [0.4, 0.5) is 0 Å². The van der Waals surface area contributed by atoms with Gasteiger partial charge >= 0.3 is 0 Å². The van der Waals surface area contributed by atoms with Gasteiger partial charge in [-0.1, -0.05) is 19.9 Å². The molecule has 0 aromatic heterocycles. The van der Waals surface area contributed by atoms with E-state index in [-0.39, 0.29) is 5.41 Å². The first-order chi connectivity index (χ1) is 4.21. The largest absolute Gasteiger partial charge is 0.248 e. The SMILES string of the molecule is CC1(C)C=CN=CN=C1. The average molecular weight is 122 g/mol. The second kappa shape index (κ2) is 2.13. The van der Waals surface area contributed by atoms with Crippen molar-refractivity contribution in [2.45, 2.75) is 13.8 Å². The van der Waals surface area contributed by atoms with Crippen LogP contribution in [0.3, 0.4) is 0 Å². The van der Waals surface area contributed by atoms with Crippen LogP contribution >= 0.6 is 0 Å². The molecule has 0 bridgehead atoms. The summed E-state index contributed by atoms with van der Waals surface area (Å²) >= 11 is 0. The quantitative estimate of drug-likeness (QED) is 0.466. The molecule has 0 fully saturated rings. The smallest absolute Gasteiger partial charge is 0.114 e. The summed E-state index contributed by atoms with van der Waals surface area (Å²) in [5, 5.41) is 0. The molecule has 1 aliphatic heterocycles. The van der Waals surface area contributed by atoms with Gasteiger partial charge in [0.2, 0.25) is 0 Å². The fourth-order valence-electron chi connectivity index (χ4n) is 0.581. The van der Waals surface area contributed by atoms with Crippen LogP contribution in [0.15, 0.2) is 22.3 Å². The predicted molar refractivity (Wildman–Crippen MR) is 39.9 cm³/mol. The van der Waals surface area contributed by atoms with E-state index in [1.54, 1.807) is 12.5 Å². The van der Waals surface area contributed by atoms with E-state index in [2.05, 4.69) is 23.8 Å². The molecule has 9 heavy (non-hydrogen) atoms. The molecule has 48 valence electrons. The topological polar surface area (TPSA) is 24.7 Å². The zero-order valence-electron chi connectivity index (χ0n) is 5.70. The van der Waals surface area contributed by atoms with Gasteiger partial charge in [-0.25, -0.2) is 9.98 Å². The Balaban J connectivity index is 2.82. The molecule has 2 nitrogen and oxygen atoms in total. The predicted octanol–water partition coefficient (Wildman–Crippen LogP) is 1.64. The van der Waals surface area contributed by atoms with Crippen LogP contribution in [0.1, 0.15) is 13.8 Å². The highest BCUT2D eigenvalue weighted by Gasteiger charge is 2.09. The lowest BCUT2D eigenvalue weighted by molar-refractivity contribution is 0.695. The van der Waals surface area contributed by atoms with Gasteiger partial charge in [0.15, 0.2) is 0 Å². The van der Waals surface area contributed by atoms with Gasteiger partial charge in [-0.15, -0.1) is 0 Å². The lowest BCUT2D eigenvalue weighted by Gasteiger charge is -2.09.